The maximum Gasteiger partial charge on any atom is 0.124 e. The second kappa shape index (κ2) is 5.31. The van der Waals surface area contributed by atoms with E-state index in [-0.39, 0.29) is 5.75 Å². The quantitative estimate of drug-likeness (QED) is 0.711. The van der Waals surface area contributed by atoms with Crippen LogP contribution in [-0.4, -0.2) is 16.3 Å². The molecule has 0 spiro atoms. The molecule has 4 heteroatoms. The zero-order valence-electron chi connectivity index (χ0n) is 10.5. The third kappa shape index (κ3) is 2.49. The van der Waals surface area contributed by atoms with E-state index in [1.54, 1.807) is 30.6 Å². The Morgan fingerprint density at radius 3 is 2.90 bits per heavy atom. The van der Waals surface area contributed by atoms with E-state index in [9.17, 15) is 5.11 Å². The molecule has 98 valence electrons. The second-order valence-corrected chi connectivity index (χ2v) is 4.74. The number of aromatic nitrogens is 1. The Balaban J connectivity index is 2.05. The summed E-state index contributed by atoms with van der Waals surface area (Å²) in [6.45, 7) is 0. The molecule has 0 radical (unpaired) electrons. The average molecular weight is 283 g/mol. The highest BCUT2D eigenvalue weighted by atomic mass is 35.5. The summed E-state index contributed by atoms with van der Waals surface area (Å²) in [4.78, 5) is 8.71. The van der Waals surface area contributed by atoms with E-state index in [4.69, 9.17) is 11.6 Å². The molecular formula is C16H11ClN2O. The van der Waals surface area contributed by atoms with Crippen molar-refractivity contribution in [2.24, 2.45) is 4.99 Å². The first-order chi connectivity index (χ1) is 9.74. The predicted molar refractivity (Wildman–Crippen MR) is 82.1 cm³/mol. The largest absolute Gasteiger partial charge is 0.507 e. The van der Waals surface area contributed by atoms with Crippen LogP contribution in [0, 0.1) is 0 Å². The summed E-state index contributed by atoms with van der Waals surface area (Å²) in [5.74, 6) is 0.150. The van der Waals surface area contributed by atoms with E-state index < -0.39 is 0 Å². The zero-order chi connectivity index (χ0) is 13.9. The van der Waals surface area contributed by atoms with Gasteiger partial charge in [-0.05, 0) is 42.5 Å². The number of pyridine rings is 1. The minimum absolute atomic E-state index is 0.150. The fourth-order valence-electron chi connectivity index (χ4n) is 1.97. The first-order valence-corrected chi connectivity index (χ1v) is 6.48. The van der Waals surface area contributed by atoms with Crippen LogP contribution in [-0.2, 0) is 0 Å². The van der Waals surface area contributed by atoms with Crippen LogP contribution in [0.1, 0.15) is 5.56 Å². The number of rotatable bonds is 2. The normalized spacial score (nSPS) is 11.2. The van der Waals surface area contributed by atoms with Crippen LogP contribution < -0.4 is 0 Å². The average Bonchev–Trinajstić information content (AvgIpc) is 2.48. The van der Waals surface area contributed by atoms with E-state index in [1.807, 2.05) is 30.3 Å². The lowest BCUT2D eigenvalue weighted by molar-refractivity contribution is 0.474. The van der Waals surface area contributed by atoms with E-state index in [0.29, 0.717) is 10.6 Å². The Bertz CT molecular complexity index is 794. The number of hydrogen-bond acceptors (Lipinski definition) is 3. The molecule has 1 aromatic heterocycles. The van der Waals surface area contributed by atoms with Crippen molar-refractivity contribution in [3.63, 3.8) is 0 Å². The van der Waals surface area contributed by atoms with Gasteiger partial charge in [-0.25, -0.2) is 0 Å². The summed E-state index contributed by atoms with van der Waals surface area (Å²) in [5.41, 5.74) is 2.27. The molecule has 0 fully saturated rings. The number of aliphatic imine (C=N–C) groups is 1. The minimum atomic E-state index is 0.150. The van der Waals surface area contributed by atoms with Gasteiger partial charge in [-0.15, -0.1) is 0 Å². The third-order valence-electron chi connectivity index (χ3n) is 2.95. The Morgan fingerprint density at radius 2 is 2.00 bits per heavy atom. The SMILES string of the molecule is Oc1ccc(Cl)cc1C=Nc1cccc2ncccc12. The van der Waals surface area contributed by atoms with Gasteiger partial charge in [0.1, 0.15) is 5.75 Å². The van der Waals surface area contributed by atoms with Gasteiger partial charge in [-0.3, -0.25) is 9.98 Å². The Hall–Kier alpha value is -2.39. The molecule has 1 heterocycles. The third-order valence-corrected chi connectivity index (χ3v) is 3.19. The molecular weight excluding hydrogens is 272 g/mol. The van der Waals surface area contributed by atoms with Gasteiger partial charge >= 0.3 is 0 Å². The summed E-state index contributed by atoms with van der Waals surface area (Å²) in [7, 11) is 0. The highest BCUT2D eigenvalue weighted by Gasteiger charge is 2.01. The Morgan fingerprint density at radius 1 is 1.10 bits per heavy atom. The van der Waals surface area contributed by atoms with Crippen molar-refractivity contribution in [1.29, 1.82) is 0 Å². The van der Waals surface area contributed by atoms with Gasteiger partial charge in [0, 0.05) is 28.4 Å². The van der Waals surface area contributed by atoms with Crippen molar-refractivity contribution in [3.05, 3.63) is 65.3 Å². The predicted octanol–water partition coefficient (Wildman–Crippen LogP) is 4.34. The van der Waals surface area contributed by atoms with Gasteiger partial charge in [0.2, 0.25) is 0 Å². The van der Waals surface area contributed by atoms with Crippen LogP contribution in [0.2, 0.25) is 5.02 Å². The van der Waals surface area contributed by atoms with Crippen LogP contribution in [0.4, 0.5) is 5.69 Å². The molecule has 3 rings (SSSR count). The lowest BCUT2D eigenvalue weighted by Crippen LogP contribution is -1.83. The van der Waals surface area contributed by atoms with Crippen molar-refractivity contribution in [3.8, 4) is 5.75 Å². The minimum Gasteiger partial charge on any atom is -0.507 e. The highest BCUT2D eigenvalue weighted by molar-refractivity contribution is 6.30. The lowest BCUT2D eigenvalue weighted by Gasteiger charge is -2.02. The van der Waals surface area contributed by atoms with E-state index >= 15 is 0 Å². The molecule has 2 aromatic carbocycles. The fraction of sp³-hybridized carbons (Fsp3) is 0. The molecule has 0 saturated heterocycles. The molecule has 0 bridgehead atoms. The van der Waals surface area contributed by atoms with Gasteiger partial charge in [-0.1, -0.05) is 17.7 Å². The molecule has 3 nitrogen and oxygen atoms in total. The number of nitrogens with zero attached hydrogens (tertiary/aromatic N) is 2. The molecule has 20 heavy (non-hydrogen) atoms. The van der Waals surface area contributed by atoms with Crippen molar-refractivity contribution in [2.45, 2.75) is 0 Å². The van der Waals surface area contributed by atoms with Crippen LogP contribution in [0.5, 0.6) is 5.75 Å². The zero-order valence-corrected chi connectivity index (χ0v) is 11.2. The molecule has 0 amide bonds. The summed E-state index contributed by atoms with van der Waals surface area (Å²) in [5, 5.41) is 11.3. The van der Waals surface area contributed by atoms with Crippen molar-refractivity contribution < 1.29 is 5.11 Å². The number of phenolic OH excluding ortho intramolecular Hbond substituents is 1. The number of phenols is 1. The summed E-state index contributed by atoms with van der Waals surface area (Å²) in [6.07, 6.45) is 3.35. The smallest absolute Gasteiger partial charge is 0.124 e. The molecule has 0 unspecified atom stereocenters. The monoisotopic (exact) mass is 282 g/mol. The van der Waals surface area contributed by atoms with E-state index in [1.165, 1.54) is 0 Å². The summed E-state index contributed by atoms with van der Waals surface area (Å²) < 4.78 is 0. The topological polar surface area (TPSA) is 45.5 Å². The van der Waals surface area contributed by atoms with Crippen molar-refractivity contribution in [1.82, 2.24) is 4.98 Å². The van der Waals surface area contributed by atoms with Gasteiger partial charge in [0.15, 0.2) is 0 Å². The molecule has 0 atom stereocenters. The van der Waals surface area contributed by atoms with Crippen LogP contribution >= 0.6 is 11.6 Å². The van der Waals surface area contributed by atoms with Gasteiger partial charge in [0.05, 0.1) is 11.2 Å². The number of halogens is 1. The van der Waals surface area contributed by atoms with E-state index in [2.05, 4.69) is 9.98 Å². The van der Waals surface area contributed by atoms with Crippen molar-refractivity contribution >= 4 is 34.4 Å². The van der Waals surface area contributed by atoms with Crippen LogP contribution in [0.25, 0.3) is 10.9 Å². The number of fused-ring (bicyclic) bond motifs is 1. The summed E-state index contributed by atoms with van der Waals surface area (Å²) >= 11 is 5.91. The van der Waals surface area contributed by atoms with Crippen LogP contribution in [0.15, 0.2) is 59.7 Å². The van der Waals surface area contributed by atoms with E-state index in [0.717, 1.165) is 16.6 Å². The first kappa shape index (κ1) is 12.6. The molecule has 0 aliphatic rings. The number of hydrogen-bond donors (Lipinski definition) is 1. The molecule has 0 saturated carbocycles. The maximum absolute atomic E-state index is 9.76. The Labute approximate surface area is 121 Å². The van der Waals surface area contributed by atoms with Gasteiger partial charge in [-0.2, -0.15) is 0 Å². The maximum atomic E-state index is 9.76. The standard InChI is InChI=1S/C16H11ClN2O/c17-12-6-7-16(20)11(9-12)10-19-15-5-1-4-14-13(15)3-2-8-18-14/h1-10,20H. The second-order valence-electron chi connectivity index (χ2n) is 4.31. The highest BCUT2D eigenvalue weighted by Crippen LogP contribution is 2.25. The molecule has 0 aliphatic carbocycles. The molecule has 3 aromatic rings. The molecule has 1 N–H and O–H groups in total. The molecule has 0 aliphatic heterocycles. The van der Waals surface area contributed by atoms with Gasteiger partial charge < -0.3 is 5.11 Å². The fourth-order valence-corrected chi connectivity index (χ4v) is 2.15. The number of aromatic hydroxyl groups is 1. The van der Waals surface area contributed by atoms with Crippen molar-refractivity contribution in [2.75, 3.05) is 0 Å². The lowest BCUT2D eigenvalue weighted by atomic mass is 10.2. The summed E-state index contributed by atoms with van der Waals surface area (Å²) in [6, 6.07) is 14.4. The van der Waals surface area contributed by atoms with Crippen LogP contribution in [0.3, 0.4) is 0 Å². The van der Waals surface area contributed by atoms with Gasteiger partial charge in [0.25, 0.3) is 0 Å². The first-order valence-electron chi connectivity index (χ1n) is 6.10. The number of benzene rings is 2. The Kier molecular flexibility index (Phi) is 3.35.